The van der Waals surface area contributed by atoms with Gasteiger partial charge in [-0.3, -0.25) is 9.59 Å². The zero-order chi connectivity index (χ0) is 18.8. The van der Waals surface area contributed by atoms with Gasteiger partial charge in [-0.05, 0) is 55.0 Å². The molecule has 1 aromatic carbocycles. The van der Waals surface area contributed by atoms with Crippen LogP contribution in [-0.2, 0) is 16.0 Å². The van der Waals surface area contributed by atoms with Crippen LogP contribution in [0.5, 0.6) is 0 Å². The molecular formula is C20H23ClN2O2S. The third-order valence-electron chi connectivity index (χ3n) is 4.81. The van der Waals surface area contributed by atoms with Crippen LogP contribution in [0.15, 0.2) is 35.7 Å². The molecule has 0 aliphatic carbocycles. The third kappa shape index (κ3) is 3.79. The number of carbonyl (C=O) groups excluding carboxylic acids is 2. The molecule has 2 heterocycles. The molecular weight excluding hydrogens is 368 g/mol. The first-order chi connectivity index (χ1) is 12.4. The fourth-order valence-electron chi connectivity index (χ4n) is 3.48. The van der Waals surface area contributed by atoms with Crippen molar-refractivity contribution in [1.29, 1.82) is 0 Å². The van der Waals surface area contributed by atoms with Gasteiger partial charge in [0.05, 0.1) is 12.6 Å². The fourth-order valence-corrected chi connectivity index (χ4v) is 4.51. The van der Waals surface area contributed by atoms with Gasteiger partial charge < -0.3 is 9.80 Å². The molecule has 1 atom stereocenters. The minimum Gasteiger partial charge on any atom is -0.331 e. The number of halogens is 1. The molecule has 0 radical (unpaired) electrons. The van der Waals surface area contributed by atoms with Crippen LogP contribution in [0.1, 0.15) is 42.8 Å². The third-order valence-corrected chi connectivity index (χ3v) is 6.05. The Morgan fingerprint density at radius 3 is 2.58 bits per heavy atom. The monoisotopic (exact) mass is 390 g/mol. The minimum absolute atomic E-state index is 0.00747. The second kappa shape index (κ2) is 7.80. The maximum Gasteiger partial charge on any atom is 0.243 e. The lowest BCUT2D eigenvalue weighted by Crippen LogP contribution is -2.48. The van der Waals surface area contributed by atoms with E-state index in [1.807, 2.05) is 43.0 Å². The number of rotatable bonds is 4. The van der Waals surface area contributed by atoms with Gasteiger partial charge >= 0.3 is 0 Å². The maximum absolute atomic E-state index is 13.1. The molecule has 0 spiro atoms. The van der Waals surface area contributed by atoms with Gasteiger partial charge in [0.1, 0.15) is 0 Å². The van der Waals surface area contributed by atoms with Crippen LogP contribution >= 0.6 is 22.9 Å². The van der Waals surface area contributed by atoms with Gasteiger partial charge in [-0.25, -0.2) is 0 Å². The average molecular weight is 391 g/mol. The fraction of sp³-hybridized carbons (Fsp3) is 0.400. The number of amides is 2. The van der Waals surface area contributed by atoms with Gasteiger partial charge in [-0.2, -0.15) is 0 Å². The van der Waals surface area contributed by atoms with Gasteiger partial charge in [0.2, 0.25) is 11.8 Å². The van der Waals surface area contributed by atoms with E-state index in [1.165, 1.54) is 17.4 Å². The molecule has 1 aliphatic rings. The van der Waals surface area contributed by atoms with Gasteiger partial charge in [-0.1, -0.05) is 23.7 Å². The molecule has 0 bridgehead atoms. The van der Waals surface area contributed by atoms with E-state index in [4.69, 9.17) is 11.6 Å². The molecule has 26 heavy (non-hydrogen) atoms. The van der Waals surface area contributed by atoms with E-state index in [-0.39, 0.29) is 30.4 Å². The van der Waals surface area contributed by atoms with Crippen LogP contribution in [0.2, 0.25) is 5.02 Å². The molecule has 138 valence electrons. The van der Waals surface area contributed by atoms with Crippen molar-refractivity contribution in [2.24, 2.45) is 0 Å². The Morgan fingerprint density at radius 1 is 1.27 bits per heavy atom. The Bertz CT molecular complexity index is 800. The Morgan fingerprint density at radius 2 is 1.96 bits per heavy atom. The van der Waals surface area contributed by atoms with E-state index in [2.05, 4.69) is 11.4 Å². The summed E-state index contributed by atoms with van der Waals surface area (Å²) < 4.78 is 0. The molecule has 1 aliphatic heterocycles. The molecule has 2 amide bonds. The lowest BCUT2D eigenvalue weighted by molar-refractivity contribution is -0.142. The molecule has 2 aromatic rings. The topological polar surface area (TPSA) is 40.6 Å². The zero-order valence-corrected chi connectivity index (χ0v) is 16.8. The number of carbonyl (C=O) groups is 2. The average Bonchev–Trinajstić information content (AvgIpc) is 3.07. The summed E-state index contributed by atoms with van der Waals surface area (Å²) in [5, 5.41) is 2.76. The molecule has 4 nitrogen and oxygen atoms in total. The summed E-state index contributed by atoms with van der Waals surface area (Å²) in [5.41, 5.74) is 2.22. The van der Waals surface area contributed by atoms with Crippen LogP contribution in [0.25, 0.3) is 0 Å². The number of hydrogen-bond acceptors (Lipinski definition) is 3. The quantitative estimate of drug-likeness (QED) is 0.787. The van der Waals surface area contributed by atoms with Crippen LogP contribution in [0.3, 0.4) is 0 Å². The first-order valence-electron chi connectivity index (χ1n) is 8.77. The molecule has 0 unspecified atom stereocenters. The molecule has 1 aromatic heterocycles. The van der Waals surface area contributed by atoms with E-state index in [0.29, 0.717) is 11.6 Å². The normalized spacial score (nSPS) is 16.5. The van der Waals surface area contributed by atoms with E-state index in [0.717, 1.165) is 12.0 Å². The summed E-state index contributed by atoms with van der Waals surface area (Å²) in [4.78, 5) is 29.8. The Balaban J connectivity index is 1.93. The summed E-state index contributed by atoms with van der Waals surface area (Å²) in [7, 11) is 0. The molecule has 6 heteroatoms. The van der Waals surface area contributed by atoms with Crippen molar-refractivity contribution in [2.75, 3.05) is 13.1 Å². The largest absolute Gasteiger partial charge is 0.331 e. The van der Waals surface area contributed by atoms with Crippen molar-refractivity contribution >= 4 is 34.8 Å². The molecule has 0 fully saturated rings. The number of benzene rings is 1. The standard InChI is InChI=1S/C20H23ClN2O2S/c1-13(2)23(14(3)24)12-19(25)22-10-8-18-17(9-11-26-18)20(22)15-4-6-16(21)7-5-15/h4-7,9,11,13,20H,8,10,12H2,1-3H3/t20-/m0/s1. The van der Waals surface area contributed by atoms with Crippen molar-refractivity contribution < 1.29 is 9.59 Å². The SMILES string of the molecule is CC(=O)N(CC(=O)N1CCc2sccc2[C@@H]1c1ccc(Cl)cc1)C(C)C. The van der Waals surface area contributed by atoms with Crippen molar-refractivity contribution in [1.82, 2.24) is 9.80 Å². The van der Waals surface area contributed by atoms with Gasteiger partial charge in [0.15, 0.2) is 0 Å². The molecule has 0 saturated heterocycles. The highest BCUT2D eigenvalue weighted by Crippen LogP contribution is 2.38. The minimum atomic E-state index is -0.129. The number of fused-ring (bicyclic) bond motifs is 1. The van der Waals surface area contributed by atoms with Gasteiger partial charge in [0.25, 0.3) is 0 Å². The molecule has 0 saturated carbocycles. The highest BCUT2D eigenvalue weighted by molar-refractivity contribution is 7.10. The van der Waals surface area contributed by atoms with Gasteiger partial charge in [0, 0.05) is 29.4 Å². The first kappa shape index (κ1) is 18.9. The van der Waals surface area contributed by atoms with Crippen molar-refractivity contribution in [3.05, 3.63) is 56.7 Å². The zero-order valence-electron chi connectivity index (χ0n) is 15.2. The van der Waals surface area contributed by atoms with Crippen LogP contribution < -0.4 is 0 Å². The summed E-state index contributed by atoms with van der Waals surface area (Å²) in [5.74, 6) is -0.102. The molecule has 3 rings (SSSR count). The number of hydrogen-bond donors (Lipinski definition) is 0. The lowest BCUT2D eigenvalue weighted by atomic mass is 9.93. The van der Waals surface area contributed by atoms with Crippen molar-refractivity contribution in [3.8, 4) is 0 Å². The smallest absolute Gasteiger partial charge is 0.243 e. The molecule has 0 N–H and O–H groups in total. The summed E-state index contributed by atoms with van der Waals surface area (Å²) in [6.45, 7) is 6.13. The van der Waals surface area contributed by atoms with E-state index in [9.17, 15) is 9.59 Å². The van der Waals surface area contributed by atoms with Crippen LogP contribution in [0, 0.1) is 0 Å². The summed E-state index contributed by atoms with van der Waals surface area (Å²) in [6, 6.07) is 9.63. The highest BCUT2D eigenvalue weighted by atomic mass is 35.5. The summed E-state index contributed by atoms with van der Waals surface area (Å²) >= 11 is 7.78. The predicted octanol–water partition coefficient (Wildman–Crippen LogP) is 4.13. The van der Waals surface area contributed by atoms with E-state index in [1.54, 1.807) is 16.2 Å². The number of thiophene rings is 1. The lowest BCUT2D eigenvalue weighted by Gasteiger charge is -2.38. The van der Waals surface area contributed by atoms with E-state index >= 15 is 0 Å². The van der Waals surface area contributed by atoms with Crippen LogP contribution in [0.4, 0.5) is 0 Å². The van der Waals surface area contributed by atoms with E-state index < -0.39 is 0 Å². The number of nitrogens with zero attached hydrogens (tertiary/aromatic N) is 2. The Labute approximate surface area is 163 Å². The first-order valence-corrected chi connectivity index (χ1v) is 10.0. The Hall–Kier alpha value is -1.85. The van der Waals surface area contributed by atoms with Crippen molar-refractivity contribution in [3.63, 3.8) is 0 Å². The summed E-state index contributed by atoms with van der Waals surface area (Å²) in [6.07, 6.45) is 0.852. The second-order valence-electron chi connectivity index (χ2n) is 6.83. The maximum atomic E-state index is 13.1. The van der Waals surface area contributed by atoms with Crippen LogP contribution in [-0.4, -0.2) is 40.7 Å². The highest BCUT2D eigenvalue weighted by Gasteiger charge is 2.33. The van der Waals surface area contributed by atoms with Crippen molar-refractivity contribution in [2.45, 2.75) is 39.3 Å². The predicted molar refractivity (Wildman–Crippen MR) is 106 cm³/mol. The Kier molecular flexibility index (Phi) is 5.68. The van der Waals surface area contributed by atoms with Gasteiger partial charge in [-0.15, -0.1) is 11.3 Å². The second-order valence-corrected chi connectivity index (χ2v) is 8.27.